The molecule has 0 spiro atoms. The summed E-state index contributed by atoms with van der Waals surface area (Å²) in [5.74, 6) is -3.66. The largest absolute Gasteiger partial charge is 0.481 e. The van der Waals surface area contributed by atoms with Gasteiger partial charge in [-0.2, -0.15) is 0 Å². The van der Waals surface area contributed by atoms with E-state index >= 15 is 0 Å². The first kappa shape index (κ1) is 25.0. The maximum atomic E-state index is 13.1. The second-order valence-electron chi connectivity index (χ2n) is 7.81. The van der Waals surface area contributed by atoms with Gasteiger partial charge in [-0.1, -0.05) is 30.3 Å². The van der Waals surface area contributed by atoms with E-state index < -0.39 is 48.3 Å². The van der Waals surface area contributed by atoms with Crippen LogP contribution >= 0.6 is 0 Å². The van der Waals surface area contributed by atoms with Gasteiger partial charge in [-0.25, -0.2) is 9.59 Å². The minimum Gasteiger partial charge on any atom is -0.481 e. The number of amides is 4. The average Bonchev–Trinajstić information content (AvgIpc) is 2.81. The Morgan fingerprint density at radius 3 is 2.23 bits per heavy atom. The molecule has 1 aliphatic heterocycles. The van der Waals surface area contributed by atoms with Crippen LogP contribution in [0.25, 0.3) is 0 Å². The van der Waals surface area contributed by atoms with Gasteiger partial charge >= 0.3 is 18.0 Å². The molecule has 11 nitrogen and oxygen atoms in total. The van der Waals surface area contributed by atoms with Crippen molar-refractivity contribution >= 4 is 35.5 Å². The fraction of sp³-hybridized carbons (Fsp3) is 0.208. The predicted octanol–water partition coefficient (Wildman–Crippen LogP) is 2.00. The highest BCUT2D eigenvalue weighted by Crippen LogP contribution is 2.27. The molecule has 0 aliphatic carbocycles. The Bertz CT molecular complexity index is 1180. The molecule has 0 saturated carbocycles. The Hall–Kier alpha value is -4.67. The predicted molar refractivity (Wildman–Crippen MR) is 124 cm³/mol. The van der Waals surface area contributed by atoms with Crippen LogP contribution in [0.1, 0.15) is 41.7 Å². The third-order valence-electron chi connectivity index (χ3n) is 5.30. The number of carboxylic acid groups (broad SMARTS) is 2. The Morgan fingerprint density at radius 2 is 1.63 bits per heavy atom. The molecule has 4 amide bonds. The normalized spacial score (nSPS) is 15.9. The molecule has 0 radical (unpaired) electrons. The van der Waals surface area contributed by atoms with Crippen LogP contribution in [0.15, 0.2) is 65.9 Å². The van der Waals surface area contributed by atoms with Gasteiger partial charge in [-0.05, 0) is 43.2 Å². The highest BCUT2D eigenvalue weighted by molar-refractivity contribution is 6.07. The number of hydrogen-bond acceptors (Lipinski definition) is 5. The fourth-order valence-electron chi connectivity index (χ4n) is 3.56. The van der Waals surface area contributed by atoms with Gasteiger partial charge < -0.3 is 31.5 Å². The lowest BCUT2D eigenvalue weighted by atomic mass is 9.95. The Kier molecular flexibility index (Phi) is 7.82. The van der Waals surface area contributed by atoms with Gasteiger partial charge in [-0.3, -0.25) is 14.4 Å². The summed E-state index contributed by atoms with van der Waals surface area (Å²) in [6, 6.07) is 12.3. The van der Waals surface area contributed by atoms with Crippen molar-refractivity contribution in [3.8, 4) is 0 Å². The highest BCUT2D eigenvalue weighted by atomic mass is 16.4. The van der Waals surface area contributed by atoms with Crippen molar-refractivity contribution in [2.24, 2.45) is 0 Å². The van der Waals surface area contributed by atoms with Crippen molar-refractivity contribution in [3.63, 3.8) is 0 Å². The molecule has 1 heterocycles. The Morgan fingerprint density at radius 1 is 0.971 bits per heavy atom. The first-order valence-electron chi connectivity index (χ1n) is 10.7. The molecule has 6 N–H and O–H groups in total. The smallest absolute Gasteiger partial charge is 0.326 e. The number of rotatable bonds is 9. The van der Waals surface area contributed by atoms with Crippen LogP contribution in [0.5, 0.6) is 0 Å². The molecule has 35 heavy (non-hydrogen) atoms. The van der Waals surface area contributed by atoms with E-state index in [0.717, 1.165) is 5.56 Å². The summed E-state index contributed by atoms with van der Waals surface area (Å²) in [6.07, 6.45) is -0.664. The number of carbonyl (C=O) groups excluding carboxylic acids is 3. The summed E-state index contributed by atoms with van der Waals surface area (Å²) in [6.45, 7) is 1.63. The SMILES string of the molecule is CC1=C(C(=O)Nc2ccc(C(=O)NC(CCC(=O)O)C(=O)O)cc2)C(c2ccccc2)NC(=O)N1. The van der Waals surface area contributed by atoms with Gasteiger partial charge in [0.2, 0.25) is 0 Å². The monoisotopic (exact) mass is 480 g/mol. The minimum atomic E-state index is -1.35. The molecule has 2 aromatic carbocycles. The maximum Gasteiger partial charge on any atom is 0.326 e. The first-order valence-corrected chi connectivity index (χ1v) is 10.7. The van der Waals surface area contributed by atoms with Gasteiger partial charge in [0.25, 0.3) is 11.8 Å². The molecule has 11 heteroatoms. The quantitative estimate of drug-likeness (QED) is 0.318. The van der Waals surface area contributed by atoms with Gasteiger partial charge in [0, 0.05) is 23.4 Å². The molecule has 0 aromatic heterocycles. The standard InChI is InChI=1S/C24H24N4O7/c1-13-19(20(28-24(35)25-13)14-5-3-2-4-6-14)22(32)26-16-9-7-15(8-10-16)21(31)27-17(23(33)34)11-12-18(29)30/h2-10,17,20H,11-12H2,1H3,(H,26,32)(H,27,31)(H,29,30)(H,33,34)(H2,25,28,35). The van der Waals surface area contributed by atoms with E-state index in [4.69, 9.17) is 5.11 Å². The summed E-state index contributed by atoms with van der Waals surface area (Å²) < 4.78 is 0. The van der Waals surface area contributed by atoms with Crippen molar-refractivity contribution in [3.05, 3.63) is 77.0 Å². The Balaban J connectivity index is 1.71. The van der Waals surface area contributed by atoms with E-state index in [1.54, 1.807) is 31.2 Å². The molecule has 3 rings (SSSR count). The summed E-state index contributed by atoms with van der Waals surface area (Å²) >= 11 is 0. The van der Waals surface area contributed by atoms with Crippen LogP contribution in [-0.4, -0.2) is 46.0 Å². The number of urea groups is 1. The topological polar surface area (TPSA) is 174 Å². The number of benzene rings is 2. The average molecular weight is 480 g/mol. The zero-order chi connectivity index (χ0) is 25.5. The molecule has 2 unspecified atom stereocenters. The van der Waals surface area contributed by atoms with E-state index in [2.05, 4.69) is 21.3 Å². The number of anilines is 1. The van der Waals surface area contributed by atoms with E-state index in [9.17, 15) is 29.1 Å². The van der Waals surface area contributed by atoms with Gasteiger partial charge in [0.15, 0.2) is 0 Å². The van der Waals surface area contributed by atoms with E-state index in [-0.39, 0.29) is 12.0 Å². The maximum absolute atomic E-state index is 13.1. The second-order valence-corrected chi connectivity index (χ2v) is 7.81. The third kappa shape index (κ3) is 6.44. The molecular formula is C24H24N4O7. The lowest BCUT2D eigenvalue weighted by Crippen LogP contribution is -2.45. The molecule has 0 fully saturated rings. The van der Waals surface area contributed by atoms with E-state index in [1.165, 1.54) is 24.3 Å². The minimum absolute atomic E-state index is 0.133. The van der Waals surface area contributed by atoms with Crippen LogP contribution in [0, 0.1) is 0 Å². The molecule has 1 aliphatic rings. The number of aliphatic carboxylic acids is 2. The van der Waals surface area contributed by atoms with Crippen LogP contribution in [0.4, 0.5) is 10.5 Å². The van der Waals surface area contributed by atoms with Crippen molar-refractivity contribution in [2.45, 2.75) is 31.8 Å². The van der Waals surface area contributed by atoms with E-state index in [1.807, 2.05) is 6.07 Å². The van der Waals surface area contributed by atoms with Gasteiger partial charge in [0.05, 0.1) is 11.6 Å². The van der Waals surface area contributed by atoms with Crippen LogP contribution in [0.2, 0.25) is 0 Å². The van der Waals surface area contributed by atoms with Crippen molar-refractivity contribution in [1.82, 2.24) is 16.0 Å². The molecule has 0 bridgehead atoms. The number of nitrogens with one attached hydrogen (secondary N) is 4. The number of hydrogen-bond donors (Lipinski definition) is 6. The van der Waals surface area contributed by atoms with Crippen LogP contribution < -0.4 is 21.3 Å². The summed E-state index contributed by atoms with van der Waals surface area (Å²) in [7, 11) is 0. The van der Waals surface area contributed by atoms with Gasteiger partial charge in [0.1, 0.15) is 6.04 Å². The lowest BCUT2D eigenvalue weighted by Gasteiger charge is -2.28. The highest BCUT2D eigenvalue weighted by Gasteiger charge is 2.31. The number of carboxylic acids is 2. The summed E-state index contributed by atoms with van der Waals surface area (Å²) in [4.78, 5) is 59.4. The third-order valence-corrected chi connectivity index (χ3v) is 5.30. The lowest BCUT2D eigenvalue weighted by molar-refractivity contribution is -0.140. The van der Waals surface area contributed by atoms with Crippen LogP contribution in [0.3, 0.4) is 0 Å². The van der Waals surface area contributed by atoms with Crippen molar-refractivity contribution < 1.29 is 34.2 Å². The zero-order valence-electron chi connectivity index (χ0n) is 18.7. The Labute approximate surface area is 200 Å². The van der Waals surface area contributed by atoms with Gasteiger partial charge in [-0.15, -0.1) is 0 Å². The van der Waals surface area contributed by atoms with Crippen molar-refractivity contribution in [2.75, 3.05) is 5.32 Å². The molecule has 2 aromatic rings. The summed E-state index contributed by atoms with van der Waals surface area (Å²) in [5, 5.41) is 28.3. The molecule has 0 saturated heterocycles. The zero-order valence-corrected chi connectivity index (χ0v) is 18.7. The first-order chi connectivity index (χ1) is 16.7. The van der Waals surface area contributed by atoms with Crippen LogP contribution in [-0.2, 0) is 14.4 Å². The van der Waals surface area contributed by atoms with Crippen molar-refractivity contribution in [1.29, 1.82) is 0 Å². The summed E-state index contributed by atoms with van der Waals surface area (Å²) in [5.41, 5.74) is 1.96. The fourth-order valence-corrected chi connectivity index (χ4v) is 3.56. The second kappa shape index (κ2) is 11.0. The number of carbonyl (C=O) groups is 5. The molecule has 2 atom stereocenters. The molecular weight excluding hydrogens is 456 g/mol. The molecule has 182 valence electrons. The van der Waals surface area contributed by atoms with E-state index in [0.29, 0.717) is 17.0 Å². The number of allylic oxidation sites excluding steroid dienone is 1.